The zero-order valence-electron chi connectivity index (χ0n) is 12.8. The molecular weight excluding hydrogens is 288 g/mol. The SMILES string of the molecule is CC1(C)O[C@H](C(=O)COCc2ccccc2)[C@H](C(O)CO)O1. The van der Waals surface area contributed by atoms with Gasteiger partial charge >= 0.3 is 0 Å². The van der Waals surface area contributed by atoms with E-state index >= 15 is 0 Å². The third kappa shape index (κ3) is 4.34. The standard InChI is InChI=1S/C16H22O6/c1-16(2)21-14(12(18)8-17)15(22-16)13(19)10-20-9-11-6-4-3-5-7-11/h3-7,12,14-15,17-18H,8-10H2,1-2H3/t12?,14-,15+/m0/s1. The molecule has 2 rings (SSSR count). The number of hydrogen-bond donors (Lipinski definition) is 2. The molecule has 0 bridgehead atoms. The van der Waals surface area contributed by atoms with E-state index in [4.69, 9.17) is 19.3 Å². The number of aliphatic hydroxyl groups is 2. The minimum absolute atomic E-state index is 0.145. The van der Waals surface area contributed by atoms with Gasteiger partial charge in [0.05, 0.1) is 13.2 Å². The molecule has 0 saturated carbocycles. The Morgan fingerprint density at radius 3 is 2.64 bits per heavy atom. The van der Waals surface area contributed by atoms with Crippen LogP contribution in [0.3, 0.4) is 0 Å². The molecule has 6 nitrogen and oxygen atoms in total. The predicted octanol–water partition coefficient (Wildman–Crippen LogP) is 0.646. The van der Waals surface area contributed by atoms with Crippen LogP contribution in [0.4, 0.5) is 0 Å². The number of carbonyl (C=O) groups excluding carboxylic acids is 1. The Balaban J connectivity index is 1.90. The second kappa shape index (κ2) is 7.30. The molecule has 0 spiro atoms. The third-order valence-electron chi connectivity index (χ3n) is 3.37. The zero-order valence-corrected chi connectivity index (χ0v) is 12.8. The highest BCUT2D eigenvalue weighted by atomic mass is 16.8. The van der Waals surface area contributed by atoms with E-state index < -0.39 is 30.7 Å². The quantitative estimate of drug-likeness (QED) is 0.769. The second-order valence-corrected chi connectivity index (χ2v) is 5.72. The van der Waals surface area contributed by atoms with E-state index in [1.807, 2.05) is 30.3 Å². The van der Waals surface area contributed by atoms with Crippen molar-refractivity contribution < 1.29 is 29.2 Å². The Morgan fingerprint density at radius 1 is 1.32 bits per heavy atom. The molecule has 0 radical (unpaired) electrons. The van der Waals surface area contributed by atoms with E-state index in [0.29, 0.717) is 6.61 Å². The van der Waals surface area contributed by atoms with Crippen LogP contribution < -0.4 is 0 Å². The number of rotatable bonds is 7. The van der Waals surface area contributed by atoms with Crippen LogP contribution in [0.1, 0.15) is 19.4 Å². The summed E-state index contributed by atoms with van der Waals surface area (Å²) in [5, 5.41) is 18.8. The van der Waals surface area contributed by atoms with Gasteiger partial charge in [-0.3, -0.25) is 4.79 Å². The first-order valence-corrected chi connectivity index (χ1v) is 7.22. The summed E-state index contributed by atoms with van der Waals surface area (Å²) >= 11 is 0. The number of ketones is 1. The topological polar surface area (TPSA) is 85.2 Å². The Bertz CT molecular complexity index is 487. The molecule has 0 aromatic heterocycles. The van der Waals surface area contributed by atoms with Gasteiger partial charge in [0, 0.05) is 0 Å². The summed E-state index contributed by atoms with van der Waals surface area (Å²) in [7, 11) is 0. The van der Waals surface area contributed by atoms with Crippen LogP contribution in [0.2, 0.25) is 0 Å². The smallest absolute Gasteiger partial charge is 0.190 e. The molecule has 22 heavy (non-hydrogen) atoms. The number of carbonyl (C=O) groups is 1. The molecule has 0 amide bonds. The first kappa shape index (κ1) is 17.1. The van der Waals surface area contributed by atoms with Crippen molar-refractivity contribution in [3.05, 3.63) is 35.9 Å². The van der Waals surface area contributed by atoms with Gasteiger partial charge in [0.25, 0.3) is 0 Å². The second-order valence-electron chi connectivity index (χ2n) is 5.72. The molecule has 1 saturated heterocycles. The Hall–Kier alpha value is -1.31. The lowest BCUT2D eigenvalue weighted by atomic mass is 10.1. The third-order valence-corrected chi connectivity index (χ3v) is 3.37. The first-order valence-electron chi connectivity index (χ1n) is 7.22. The first-order chi connectivity index (χ1) is 10.4. The molecule has 2 N–H and O–H groups in total. The van der Waals surface area contributed by atoms with Gasteiger partial charge < -0.3 is 24.4 Å². The highest BCUT2D eigenvalue weighted by Gasteiger charge is 2.47. The molecule has 1 aliphatic heterocycles. The van der Waals surface area contributed by atoms with Crippen LogP contribution in [-0.2, 0) is 25.6 Å². The fourth-order valence-corrected chi connectivity index (χ4v) is 2.35. The number of Topliss-reactive ketones (excluding diaryl/α,β-unsaturated/α-hetero) is 1. The van der Waals surface area contributed by atoms with E-state index in [1.165, 1.54) is 0 Å². The molecular formula is C16H22O6. The van der Waals surface area contributed by atoms with Crippen LogP contribution in [0.5, 0.6) is 0 Å². The summed E-state index contributed by atoms with van der Waals surface area (Å²) < 4.78 is 16.4. The van der Waals surface area contributed by atoms with Crippen molar-refractivity contribution in [1.29, 1.82) is 0 Å². The van der Waals surface area contributed by atoms with Gasteiger partial charge in [0.1, 0.15) is 18.8 Å². The molecule has 1 unspecified atom stereocenters. The number of aliphatic hydroxyl groups excluding tert-OH is 2. The summed E-state index contributed by atoms with van der Waals surface area (Å²) in [5.74, 6) is -1.31. The van der Waals surface area contributed by atoms with E-state index in [1.54, 1.807) is 13.8 Å². The highest BCUT2D eigenvalue weighted by Crippen LogP contribution is 2.30. The van der Waals surface area contributed by atoms with Crippen LogP contribution in [-0.4, -0.2) is 53.3 Å². The number of hydrogen-bond acceptors (Lipinski definition) is 6. The summed E-state index contributed by atoms with van der Waals surface area (Å²) in [6, 6.07) is 9.50. The van der Waals surface area contributed by atoms with Crippen molar-refractivity contribution in [2.75, 3.05) is 13.2 Å². The molecule has 1 heterocycles. The maximum absolute atomic E-state index is 12.2. The molecule has 122 valence electrons. The minimum Gasteiger partial charge on any atom is -0.394 e. The maximum atomic E-state index is 12.2. The Labute approximate surface area is 129 Å². The predicted molar refractivity (Wildman–Crippen MR) is 78.0 cm³/mol. The van der Waals surface area contributed by atoms with Gasteiger partial charge in [-0.25, -0.2) is 0 Å². The van der Waals surface area contributed by atoms with Gasteiger partial charge in [-0.15, -0.1) is 0 Å². The van der Waals surface area contributed by atoms with Gasteiger partial charge in [0.2, 0.25) is 0 Å². The average Bonchev–Trinajstić information content (AvgIpc) is 2.83. The average molecular weight is 310 g/mol. The Morgan fingerprint density at radius 2 is 2.00 bits per heavy atom. The highest BCUT2D eigenvalue weighted by molar-refractivity contribution is 5.85. The lowest BCUT2D eigenvalue weighted by Crippen LogP contribution is -2.43. The molecule has 1 aliphatic rings. The van der Waals surface area contributed by atoms with E-state index in [2.05, 4.69) is 0 Å². The van der Waals surface area contributed by atoms with Crippen LogP contribution in [0, 0.1) is 0 Å². The number of ether oxygens (including phenoxy) is 3. The van der Waals surface area contributed by atoms with E-state index in [9.17, 15) is 9.90 Å². The van der Waals surface area contributed by atoms with Crippen molar-refractivity contribution in [3.8, 4) is 0 Å². The molecule has 0 aliphatic carbocycles. The molecule has 1 fully saturated rings. The van der Waals surface area contributed by atoms with Crippen molar-refractivity contribution in [2.24, 2.45) is 0 Å². The fourth-order valence-electron chi connectivity index (χ4n) is 2.35. The lowest BCUT2D eigenvalue weighted by Gasteiger charge is -2.20. The van der Waals surface area contributed by atoms with Crippen LogP contribution >= 0.6 is 0 Å². The molecule has 1 aromatic rings. The molecule has 3 atom stereocenters. The van der Waals surface area contributed by atoms with Crippen LogP contribution in [0.15, 0.2) is 30.3 Å². The summed E-state index contributed by atoms with van der Waals surface area (Å²) in [6.45, 7) is 2.98. The van der Waals surface area contributed by atoms with E-state index in [0.717, 1.165) is 5.56 Å². The minimum atomic E-state index is -1.18. The number of benzene rings is 1. The summed E-state index contributed by atoms with van der Waals surface area (Å²) in [5.41, 5.74) is 0.964. The molecule has 6 heteroatoms. The Kier molecular flexibility index (Phi) is 5.66. The van der Waals surface area contributed by atoms with Gasteiger partial charge in [-0.05, 0) is 19.4 Å². The van der Waals surface area contributed by atoms with Gasteiger partial charge in [-0.1, -0.05) is 30.3 Å². The zero-order chi connectivity index (χ0) is 16.2. The monoisotopic (exact) mass is 310 g/mol. The fraction of sp³-hybridized carbons (Fsp3) is 0.562. The van der Waals surface area contributed by atoms with Crippen molar-refractivity contribution >= 4 is 5.78 Å². The van der Waals surface area contributed by atoms with Gasteiger partial charge in [0.15, 0.2) is 17.7 Å². The largest absolute Gasteiger partial charge is 0.394 e. The van der Waals surface area contributed by atoms with Crippen molar-refractivity contribution in [1.82, 2.24) is 0 Å². The summed E-state index contributed by atoms with van der Waals surface area (Å²) in [6.07, 6.45) is -3.02. The van der Waals surface area contributed by atoms with E-state index in [-0.39, 0.29) is 12.4 Å². The van der Waals surface area contributed by atoms with Crippen molar-refractivity contribution in [2.45, 2.75) is 44.6 Å². The molecule has 1 aromatic carbocycles. The van der Waals surface area contributed by atoms with Crippen molar-refractivity contribution in [3.63, 3.8) is 0 Å². The van der Waals surface area contributed by atoms with Crippen LogP contribution in [0.25, 0.3) is 0 Å². The lowest BCUT2D eigenvalue weighted by molar-refractivity contribution is -0.162. The maximum Gasteiger partial charge on any atom is 0.190 e. The van der Waals surface area contributed by atoms with Gasteiger partial charge in [-0.2, -0.15) is 0 Å². The summed E-state index contributed by atoms with van der Waals surface area (Å²) in [4.78, 5) is 12.2. The normalized spacial score (nSPS) is 25.1.